The van der Waals surface area contributed by atoms with E-state index in [4.69, 9.17) is 9.84 Å². The van der Waals surface area contributed by atoms with Gasteiger partial charge in [0.2, 0.25) is 0 Å². The Labute approximate surface area is 94.4 Å². The largest absolute Gasteiger partial charge is 0.392 e. The smallest absolute Gasteiger partial charge is 0.146 e. The molecule has 1 unspecified atom stereocenters. The molecule has 1 N–H and O–H groups in total. The number of ether oxygens (including phenoxy) is 1. The van der Waals surface area contributed by atoms with Crippen LogP contribution in [0.15, 0.2) is 18.2 Å². The number of morpholine rings is 1. The molecule has 1 fully saturated rings. The van der Waals surface area contributed by atoms with E-state index in [0.29, 0.717) is 31.0 Å². The number of aliphatic hydroxyl groups excluding tert-OH is 1. The number of rotatable bonds is 2. The van der Waals surface area contributed by atoms with E-state index in [1.54, 1.807) is 12.1 Å². The molecule has 0 bridgehead atoms. The number of aliphatic hydroxyl groups is 1. The van der Waals surface area contributed by atoms with E-state index < -0.39 is 0 Å². The van der Waals surface area contributed by atoms with Crippen LogP contribution in [0.5, 0.6) is 0 Å². The van der Waals surface area contributed by atoms with Crippen LogP contribution < -0.4 is 4.90 Å². The lowest BCUT2D eigenvalue weighted by Gasteiger charge is -2.35. The highest BCUT2D eigenvalue weighted by molar-refractivity contribution is 5.50. The predicted octanol–water partition coefficient (Wildman–Crippen LogP) is 1.54. The molecule has 1 aliphatic heterocycles. The summed E-state index contributed by atoms with van der Waals surface area (Å²) in [6.45, 7) is 3.84. The van der Waals surface area contributed by atoms with Gasteiger partial charge in [0.05, 0.1) is 25.5 Å². The van der Waals surface area contributed by atoms with Gasteiger partial charge in [-0.15, -0.1) is 0 Å². The van der Waals surface area contributed by atoms with Crippen molar-refractivity contribution in [1.29, 1.82) is 0 Å². The zero-order valence-electron chi connectivity index (χ0n) is 9.32. The average molecular weight is 225 g/mol. The molecule has 0 amide bonds. The van der Waals surface area contributed by atoms with Crippen molar-refractivity contribution in [1.82, 2.24) is 0 Å². The average Bonchev–Trinajstić information content (AvgIpc) is 2.30. The molecule has 1 aromatic rings. The van der Waals surface area contributed by atoms with E-state index >= 15 is 0 Å². The molecule has 0 aromatic heterocycles. The minimum Gasteiger partial charge on any atom is -0.392 e. The molecule has 1 atom stereocenters. The first-order chi connectivity index (χ1) is 7.72. The van der Waals surface area contributed by atoms with Gasteiger partial charge < -0.3 is 14.7 Å². The van der Waals surface area contributed by atoms with Gasteiger partial charge in [-0.1, -0.05) is 6.07 Å². The third-order valence-electron chi connectivity index (χ3n) is 2.87. The summed E-state index contributed by atoms with van der Waals surface area (Å²) in [7, 11) is 0. The summed E-state index contributed by atoms with van der Waals surface area (Å²) in [5.41, 5.74) is 1.19. The first-order valence-corrected chi connectivity index (χ1v) is 5.46. The zero-order valence-corrected chi connectivity index (χ0v) is 9.32. The Hall–Kier alpha value is -1.13. The van der Waals surface area contributed by atoms with Crippen LogP contribution in [0.1, 0.15) is 12.5 Å². The molecular weight excluding hydrogens is 209 g/mol. The minimum absolute atomic E-state index is 0.129. The van der Waals surface area contributed by atoms with Crippen molar-refractivity contribution < 1.29 is 14.2 Å². The number of anilines is 1. The van der Waals surface area contributed by atoms with Gasteiger partial charge in [-0.2, -0.15) is 0 Å². The molecule has 1 aromatic carbocycles. The summed E-state index contributed by atoms with van der Waals surface area (Å²) in [5.74, 6) is -0.277. The number of halogens is 1. The Morgan fingerprint density at radius 2 is 2.38 bits per heavy atom. The maximum Gasteiger partial charge on any atom is 0.146 e. The van der Waals surface area contributed by atoms with Gasteiger partial charge in [0.15, 0.2) is 0 Å². The molecule has 2 rings (SSSR count). The Morgan fingerprint density at radius 1 is 1.56 bits per heavy atom. The van der Waals surface area contributed by atoms with Crippen LogP contribution in [-0.2, 0) is 11.3 Å². The summed E-state index contributed by atoms with van der Waals surface area (Å²) < 4.78 is 19.1. The Morgan fingerprint density at radius 3 is 3.00 bits per heavy atom. The van der Waals surface area contributed by atoms with E-state index in [-0.39, 0.29) is 18.5 Å². The second kappa shape index (κ2) is 4.80. The van der Waals surface area contributed by atoms with Crippen LogP contribution in [0.4, 0.5) is 10.1 Å². The Kier molecular flexibility index (Phi) is 3.41. The van der Waals surface area contributed by atoms with Gasteiger partial charge in [-0.05, 0) is 24.6 Å². The maximum absolute atomic E-state index is 13.8. The molecule has 1 heterocycles. The van der Waals surface area contributed by atoms with E-state index in [2.05, 4.69) is 0 Å². The quantitative estimate of drug-likeness (QED) is 0.828. The van der Waals surface area contributed by atoms with Gasteiger partial charge in [-0.3, -0.25) is 0 Å². The third-order valence-corrected chi connectivity index (χ3v) is 2.87. The standard InChI is InChI=1S/C12H16FNO2/c1-9-8-16-5-4-14(9)12-3-2-10(7-15)6-11(12)13/h2-3,6,9,15H,4-5,7-8H2,1H3. The van der Waals surface area contributed by atoms with Crippen molar-refractivity contribution >= 4 is 5.69 Å². The topological polar surface area (TPSA) is 32.7 Å². The van der Waals surface area contributed by atoms with Crippen molar-refractivity contribution in [2.75, 3.05) is 24.7 Å². The lowest BCUT2D eigenvalue weighted by molar-refractivity contribution is 0.0986. The molecule has 1 aliphatic rings. The SMILES string of the molecule is CC1COCCN1c1ccc(CO)cc1F. The zero-order chi connectivity index (χ0) is 11.5. The van der Waals surface area contributed by atoms with E-state index in [1.165, 1.54) is 6.07 Å². The highest BCUT2D eigenvalue weighted by Crippen LogP contribution is 2.24. The summed E-state index contributed by atoms with van der Waals surface area (Å²) in [5, 5.41) is 8.91. The summed E-state index contributed by atoms with van der Waals surface area (Å²) in [6, 6.07) is 5.05. The predicted molar refractivity (Wildman–Crippen MR) is 59.9 cm³/mol. The van der Waals surface area contributed by atoms with Crippen LogP contribution in [-0.4, -0.2) is 30.9 Å². The van der Waals surface area contributed by atoms with Crippen LogP contribution in [0.2, 0.25) is 0 Å². The highest BCUT2D eigenvalue weighted by atomic mass is 19.1. The second-order valence-corrected chi connectivity index (χ2v) is 4.06. The Balaban J connectivity index is 2.25. The number of hydrogen-bond donors (Lipinski definition) is 1. The van der Waals surface area contributed by atoms with Crippen molar-refractivity contribution in [2.24, 2.45) is 0 Å². The molecule has 1 saturated heterocycles. The van der Waals surface area contributed by atoms with Gasteiger partial charge in [-0.25, -0.2) is 4.39 Å². The molecule has 0 saturated carbocycles. The summed E-state index contributed by atoms with van der Waals surface area (Å²) >= 11 is 0. The Bertz CT molecular complexity index is 370. The molecule has 88 valence electrons. The minimum atomic E-state index is -0.277. The van der Waals surface area contributed by atoms with E-state index in [0.717, 1.165) is 0 Å². The van der Waals surface area contributed by atoms with Crippen LogP contribution in [0.25, 0.3) is 0 Å². The van der Waals surface area contributed by atoms with Crippen LogP contribution in [0.3, 0.4) is 0 Å². The monoisotopic (exact) mass is 225 g/mol. The number of nitrogens with zero attached hydrogens (tertiary/aromatic N) is 1. The molecule has 0 radical (unpaired) electrons. The number of hydrogen-bond acceptors (Lipinski definition) is 3. The molecule has 16 heavy (non-hydrogen) atoms. The third kappa shape index (κ3) is 2.18. The summed E-state index contributed by atoms with van der Waals surface area (Å²) in [6.07, 6.45) is 0. The maximum atomic E-state index is 13.8. The van der Waals surface area contributed by atoms with Gasteiger partial charge in [0.1, 0.15) is 5.82 Å². The van der Waals surface area contributed by atoms with Crippen molar-refractivity contribution in [3.05, 3.63) is 29.6 Å². The molecule has 3 nitrogen and oxygen atoms in total. The molecule has 0 spiro atoms. The fourth-order valence-corrected chi connectivity index (χ4v) is 1.97. The fourth-order valence-electron chi connectivity index (χ4n) is 1.97. The van der Waals surface area contributed by atoms with Crippen molar-refractivity contribution in [2.45, 2.75) is 19.6 Å². The molecular formula is C12H16FNO2. The normalized spacial score (nSPS) is 21.2. The van der Waals surface area contributed by atoms with Crippen molar-refractivity contribution in [3.8, 4) is 0 Å². The first-order valence-electron chi connectivity index (χ1n) is 5.46. The highest BCUT2D eigenvalue weighted by Gasteiger charge is 2.21. The number of benzene rings is 1. The van der Waals surface area contributed by atoms with Gasteiger partial charge in [0.25, 0.3) is 0 Å². The van der Waals surface area contributed by atoms with Crippen LogP contribution >= 0.6 is 0 Å². The molecule has 0 aliphatic carbocycles. The van der Waals surface area contributed by atoms with Gasteiger partial charge in [0, 0.05) is 12.6 Å². The first kappa shape index (κ1) is 11.4. The van der Waals surface area contributed by atoms with Crippen molar-refractivity contribution in [3.63, 3.8) is 0 Å². The lowest BCUT2D eigenvalue weighted by atomic mass is 10.1. The van der Waals surface area contributed by atoms with E-state index in [1.807, 2.05) is 11.8 Å². The summed E-state index contributed by atoms with van der Waals surface area (Å²) in [4.78, 5) is 2.00. The molecule has 4 heteroatoms. The van der Waals surface area contributed by atoms with Crippen LogP contribution in [0, 0.1) is 5.82 Å². The fraction of sp³-hybridized carbons (Fsp3) is 0.500. The van der Waals surface area contributed by atoms with E-state index in [9.17, 15) is 4.39 Å². The lowest BCUT2D eigenvalue weighted by Crippen LogP contribution is -2.44. The van der Waals surface area contributed by atoms with Gasteiger partial charge >= 0.3 is 0 Å². The second-order valence-electron chi connectivity index (χ2n) is 4.06.